The molecule has 28 heavy (non-hydrogen) atoms. The summed E-state index contributed by atoms with van der Waals surface area (Å²) in [6, 6.07) is 14.4. The highest BCUT2D eigenvalue weighted by molar-refractivity contribution is 5.93. The Balaban J connectivity index is 1.85. The summed E-state index contributed by atoms with van der Waals surface area (Å²) in [5.74, 6) is 1.44. The second kappa shape index (κ2) is 6.86. The molecule has 0 unspecified atom stereocenters. The molecule has 0 fully saturated rings. The molecule has 0 saturated carbocycles. The molecule has 6 heteroatoms. The SMILES string of the molecule is Cc1c(C#N)cccc1[C@@H](C)Nc1nc2nccn2c2ccc(N(C)C)cc12. The quantitative estimate of drug-likeness (QED) is 0.580. The number of hydrogen-bond donors (Lipinski definition) is 1. The zero-order valence-corrected chi connectivity index (χ0v) is 16.4. The van der Waals surface area contributed by atoms with Gasteiger partial charge in [-0.15, -0.1) is 0 Å². The molecule has 4 rings (SSSR count). The predicted octanol–water partition coefficient (Wildman–Crippen LogP) is 4.30. The molecule has 0 amide bonds. The van der Waals surface area contributed by atoms with Gasteiger partial charge >= 0.3 is 0 Å². The van der Waals surface area contributed by atoms with Crippen molar-refractivity contribution in [3.63, 3.8) is 0 Å². The highest BCUT2D eigenvalue weighted by Crippen LogP contribution is 2.30. The van der Waals surface area contributed by atoms with Gasteiger partial charge in [0.15, 0.2) is 0 Å². The third-order valence-electron chi connectivity index (χ3n) is 5.16. The first-order valence-electron chi connectivity index (χ1n) is 9.20. The van der Waals surface area contributed by atoms with E-state index < -0.39 is 0 Å². The Morgan fingerprint density at radius 3 is 2.79 bits per heavy atom. The van der Waals surface area contributed by atoms with E-state index in [4.69, 9.17) is 4.98 Å². The Labute approximate surface area is 164 Å². The summed E-state index contributed by atoms with van der Waals surface area (Å²) in [5.41, 5.74) is 4.92. The summed E-state index contributed by atoms with van der Waals surface area (Å²) >= 11 is 0. The van der Waals surface area contributed by atoms with Gasteiger partial charge in [0, 0.05) is 37.6 Å². The van der Waals surface area contributed by atoms with Crippen molar-refractivity contribution in [3.05, 3.63) is 65.5 Å². The van der Waals surface area contributed by atoms with Gasteiger partial charge in [0.25, 0.3) is 0 Å². The predicted molar refractivity (Wildman–Crippen MR) is 113 cm³/mol. The van der Waals surface area contributed by atoms with Crippen LogP contribution in [0.3, 0.4) is 0 Å². The molecule has 2 aromatic carbocycles. The van der Waals surface area contributed by atoms with E-state index in [0.29, 0.717) is 11.3 Å². The number of hydrogen-bond acceptors (Lipinski definition) is 5. The van der Waals surface area contributed by atoms with Crippen LogP contribution in [0.25, 0.3) is 16.7 Å². The minimum Gasteiger partial charge on any atom is -0.378 e. The third kappa shape index (κ3) is 2.91. The maximum Gasteiger partial charge on any atom is 0.236 e. The molecule has 1 N–H and O–H groups in total. The zero-order valence-electron chi connectivity index (χ0n) is 16.4. The lowest BCUT2D eigenvalue weighted by atomic mass is 9.98. The Hall–Kier alpha value is -3.59. The van der Waals surface area contributed by atoms with Crippen LogP contribution < -0.4 is 10.2 Å². The van der Waals surface area contributed by atoms with Crippen molar-refractivity contribution < 1.29 is 0 Å². The first-order chi connectivity index (χ1) is 13.5. The van der Waals surface area contributed by atoms with Crippen molar-refractivity contribution >= 4 is 28.2 Å². The summed E-state index contributed by atoms with van der Waals surface area (Å²) in [7, 11) is 4.05. The monoisotopic (exact) mass is 370 g/mol. The molecule has 0 bridgehead atoms. The van der Waals surface area contributed by atoms with Gasteiger partial charge in [0.2, 0.25) is 5.78 Å². The molecule has 140 valence electrons. The van der Waals surface area contributed by atoms with Crippen molar-refractivity contribution in [2.75, 3.05) is 24.3 Å². The summed E-state index contributed by atoms with van der Waals surface area (Å²) in [6.07, 6.45) is 3.68. The molecule has 0 radical (unpaired) electrons. The van der Waals surface area contributed by atoms with Gasteiger partial charge in [-0.05, 0) is 49.2 Å². The molecular formula is C22H22N6. The highest BCUT2D eigenvalue weighted by Gasteiger charge is 2.15. The number of imidazole rings is 1. The second-order valence-corrected chi connectivity index (χ2v) is 7.15. The van der Waals surface area contributed by atoms with E-state index >= 15 is 0 Å². The number of rotatable bonds is 4. The van der Waals surface area contributed by atoms with Crippen LogP contribution in [-0.2, 0) is 0 Å². The van der Waals surface area contributed by atoms with Crippen LogP contribution >= 0.6 is 0 Å². The standard InChI is InChI=1S/C22H22N6/c1-14-16(13-23)6-5-7-18(14)15(2)25-21-19-12-17(27(3)4)8-9-20(19)28-11-10-24-22(28)26-21/h5-12,15H,1-4H3,(H,24,25,26)/t15-/m1/s1. The van der Waals surface area contributed by atoms with Gasteiger partial charge in [-0.1, -0.05) is 12.1 Å². The van der Waals surface area contributed by atoms with E-state index in [0.717, 1.165) is 33.5 Å². The number of nitriles is 1. The number of anilines is 2. The maximum atomic E-state index is 9.33. The Kier molecular flexibility index (Phi) is 4.36. The molecule has 0 spiro atoms. The van der Waals surface area contributed by atoms with E-state index in [1.54, 1.807) is 6.20 Å². The number of aromatic nitrogens is 3. The summed E-state index contributed by atoms with van der Waals surface area (Å²) in [5, 5.41) is 13.9. The first-order valence-corrected chi connectivity index (χ1v) is 9.20. The Morgan fingerprint density at radius 2 is 2.04 bits per heavy atom. The van der Waals surface area contributed by atoms with Crippen LogP contribution in [0, 0.1) is 18.3 Å². The molecular weight excluding hydrogens is 348 g/mol. The van der Waals surface area contributed by atoms with Gasteiger partial charge in [0.05, 0.1) is 23.2 Å². The lowest BCUT2D eigenvalue weighted by Gasteiger charge is -2.20. The first kappa shape index (κ1) is 17.8. The Bertz CT molecular complexity index is 1220. The minimum absolute atomic E-state index is 0.00979. The zero-order chi connectivity index (χ0) is 19.8. The molecule has 6 nitrogen and oxygen atoms in total. The molecule has 0 aliphatic heterocycles. The van der Waals surface area contributed by atoms with Crippen molar-refractivity contribution in [1.29, 1.82) is 5.26 Å². The lowest BCUT2D eigenvalue weighted by molar-refractivity contribution is 0.865. The molecule has 1 atom stereocenters. The molecule has 0 aliphatic rings. The number of benzene rings is 2. The lowest BCUT2D eigenvalue weighted by Crippen LogP contribution is -2.12. The van der Waals surface area contributed by atoms with Crippen LogP contribution in [0.1, 0.15) is 29.7 Å². The van der Waals surface area contributed by atoms with Crippen LogP contribution in [0.15, 0.2) is 48.8 Å². The largest absolute Gasteiger partial charge is 0.378 e. The highest BCUT2D eigenvalue weighted by atomic mass is 15.1. The summed E-state index contributed by atoms with van der Waals surface area (Å²) in [4.78, 5) is 11.2. The van der Waals surface area contributed by atoms with Crippen LogP contribution in [0.5, 0.6) is 0 Å². The number of nitrogens with zero attached hydrogens (tertiary/aromatic N) is 5. The molecule has 0 aliphatic carbocycles. The minimum atomic E-state index is -0.00979. The van der Waals surface area contributed by atoms with Crippen LogP contribution in [0.2, 0.25) is 0 Å². The summed E-state index contributed by atoms with van der Waals surface area (Å²) in [6.45, 7) is 4.07. The van der Waals surface area contributed by atoms with E-state index in [9.17, 15) is 5.26 Å². The van der Waals surface area contributed by atoms with Gasteiger partial charge in [-0.3, -0.25) is 4.40 Å². The maximum absolute atomic E-state index is 9.33. The number of fused-ring (bicyclic) bond motifs is 3. The fourth-order valence-electron chi connectivity index (χ4n) is 3.57. The molecule has 2 heterocycles. The third-order valence-corrected chi connectivity index (χ3v) is 5.16. The topological polar surface area (TPSA) is 69.2 Å². The fraction of sp³-hybridized carbons (Fsp3) is 0.227. The second-order valence-electron chi connectivity index (χ2n) is 7.15. The van der Waals surface area contributed by atoms with Crippen molar-refractivity contribution in [2.45, 2.75) is 19.9 Å². The van der Waals surface area contributed by atoms with Gasteiger partial charge in [0.1, 0.15) is 5.82 Å². The van der Waals surface area contributed by atoms with Gasteiger partial charge < -0.3 is 10.2 Å². The van der Waals surface area contributed by atoms with Crippen LogP contribution in [-0.4, -0.2) is 28.5 Å². The molecule has 4 aromatic rings. The fourth-order valence-corrected chi connectivity index (χ4v) is 3.57. The average molecular weight is 370 g/mol. The van der Waals surface area contributed by atoms with Crippen LogP contribution in [0.4, 0.5) is 11.5 Å². The average Bonchev–Trinajstić information content (AvgIpc) is 3.16. The van der Waals surface area contributed by atoms with E-state index in [-0.39, 0.29) is 6.04 Å². The van der Waals surface area contributed by atoms with Gasteiger partial charge in [-0.2, -0.15) is 10.2 Å². The number of nitrogens with one attached hydrogen (secondary N) is 1. The normalized spacial score (nSPS) is 12.1. The van der Waals surface area contributed by atoms with Crippen molar-refractivity contribution in [1.82, 2.24) is 14.4 Å². The Morgan fingerprint density at radius 1 is 1.21 bits per heavy atom. The van der Waals surface area contributed by atoms with Crippen molar-refractivity contribution in [2.24, 2.45) is 0 Å². The summed E-state index contributed by atoms with van der Waals surface area (Å²) < 4.78 is 1.99. The molecule has 0 saturated heterocycles. The smallest absolute Gasteiger partial charge is 0.236 e. The van der Waals surface area contributed by atoms with E-state index in [1.165, 1.54) is 0 Å². The van der Waals surface area contributed by atoms with E-state index in [2.05, 4.69) is 52.5 Å². The van der Waals surface area contributed by atoms with E-state index in [1.807, 2.05) is 43.7 Å². The molecule has 2 aromatic heterocycles. The van der Waals surface area contributed by atoms with Crippen molar-refractivity contribution in [3.8, 4) is 6.07 Å². The van der Waals surface area contributed by atoms with Gasteiger partial charge in [-0.25, -0.2) is 4.98 Å².